The second-order valence-corrected chi connectivity index (χ2v) is 14.8. The van der Waals surface area contributed by atoms with E-state index in [2.05, 4.69) is 20.5 Å². The number of benzene rings is 2. The molecule has 54 heavy (non-hydrogen) atoms. The van der Waals surface area contributed by atoms with E-state index in [0.717, 1.165) is 17.4 Å². The fourth-order valence-electron chi connectivity index (χ4n) is 6.33. The molecule has 1 saturated heterocycles. The number of aromatic nitrogens is 5. The summed E-state index contributed by atoms with van der Waals surface area (Å²) in [7, 11) is 0. The Bertz CT molecular complexity index is 2060. The Morgan fingerprint density at radius 3 is 2.31 bits per heavy atom. The van der Waals surface area contributed by atoms with Crippen LogP contribution in [0.2, 0.25) is 5.02 Å². The van der Waals surface area contributed by atoms with Crippen molar-refractivity contribution < 1.29 is 45.1 Å². The van der Waals surface area contributed by atoms with Gasteiger partial charge in [-0.2, -0.15) is 45.6 Å². The molecule has 1 aliphatic carbocycles. The number of rotatable bonds is 12. The highest BCUT2D eigenvalue weighted by atomic mass is 35.5. The van der Waals surface area contributed by atoms with E-state index < -0.39 is 65.8 Å². The van der Waals surface area contributed by atoms with Gasteiger partial charge in [-0.3, -0.25) is 15.1 Å². The fraction of sp³-hybridized carbons (Fsp3) is 0.394. The third-order valence-corrected chi connectivity index (χ3v) is 9.51. The fourth-order valence-corrected chi connectivity index (χ4v) is 6.73. The maximum Gasteiger partial charge on any atom is 0.411 e. The molecule has 0 bridgehead atoms. The molecule has 2 atom stereocenters. The van der Waals surface area contributed by atoms with E-state index in [0.29, 0.717) is 21.4 Å². The highest BCUT2D eigenvalue weighted by Crippen LogP contribution is 2.49. The van der Waals surface area contributed by atoms with Gasteiger partial charge in [0.15, 0.2) is 11.8 Å². The summed E-state index contributed by atoms with van der Waals surface area (Å²) in [5.41, 5.74) is -3.15. The van der Waals surface area contributed by atoms with Gasteiger partial charge in [0.1, 0.15) is 24.0 Å². The van der Waals surface area contributed by atoms with Crippen molar-refractivity contribution in [3.8, 4) is 22.5 Å². The molecule has 1 aliphatic heterocycles. The lowest BCUT2D eigenvalue weighted by molar-refractivity contribution is -0.164. The molecule has 3 N–H and O–H groups in total. The minimum Gasteiger partial charge on any atom is -0.447 e. The SMILES string of the molecule is CC(C)(Cl)C[C@]1(c2ccc(-c3cnn(C(F)F)c3)cc2)NC(=N)N([C@H](COC(=O)NC2(C(F)(F)F)CC2)c2ccc(Cl)c(-c3ncnn3C(F)F)c2)C1=O. The highest BCUT2D eigenvalue weighted by molar-refractivity contribution is 6.33. The molecule has 2 amide bonds. The second kappa shape index (κ2) is 14.1. The number of hydrogen-bond acceptors (Lipinski definition) is 7. The van der Waals surface area contributed by atoms with Gasteiger partial charge >= 0.3 is 25.4 Å². The molecule has 2 fully saturated rings. The zero-order chi connectivity index (χ0) is 39.4. The van der Waals surface area contributed by atoms with E-state index in [4.69, 9.17) is 33.3 Å². The normalized spacial score (nSPS) is 19.0. The molecular formula is C33H30Cl2F7N9O3. The average Bonchev–Trinajstić information content (AvgIpc) is 3.40. The molecule has 288 valence electrons. The maximum atomic E-state index is 14.8. The van der Waals surface area contributed by atoms with Crippen molar-refractivity contribution in [1.29, 1.82) is 5.41 Å². The van der Waals surface area contributed by atoms with Gasteiger partial charge in [-0.25, -0.2) is 14.5 Å². The Morgan fingerprint density at radius 2 is 1.74 bits per heavy atom. The summed E-state index contributed by atoms with van der Waals surface area (Å²) < 4.78 is 101. The summed E-state index contributed by atoms with van der Waals surface area (Å²) in [6.45, 7) is -3.57. The third kappa shape index (κ3) is 7.42. The average molecular weight is 805 g/mol. The standard InChI is InChI=1S/C33H30Cl2F7N9O3/c1-30(2,35)15-32(20-6-3-17(4-7-20)19-12-45-49(13-19)26(36)37)25(52)50(28(43)47-32)23(14-54-29(53)48-31(9-10-31)33(40,41)42)18-5-8-22(34)21(11-18)24-44-16-46-51(24)27(38)39/h3-8,11-13,16,23,26-27H,9-10,14-15H2,1-2H3,(H2,43,47)(H,48,53)/t23-,32-/m1/s1. The number of carbonyl (C=O) groups is 2. The molecule has 0 unspecified atom stereocenters. The summed E-state index contributed by atoms with van der Waals surface area (Å²) >= 11 is 13.1. The van der Waals surface area contributed by atoms with Crippen LogP contribution in [0.25, 0.3) is 22.5 Å². The topological polar surface area (TPSA) is 143 Å². The van der Waals surface area contributed by atoms with Crippen LogP contribution in [0.15, 0.2) is 61.2 Å². The van der Waals surface area contributed by atoms with Crippen LogP contribution in [0.3, 0.4) is 0 Å². The molecule has 1 saturated carbocycles. The number of halogens is 9. The Kier molecular flexibility index (Phi) is 10.1. The lowest BCUT2D eigenvalue weighted by Crippen LogP contribution is -2.49. The van der Waals surface area contributed by atoms with Crippen LogP contribution in [0, 0.1) is 5.41 Å². The van der Waals surface area contributed by atoms with E-state index in [1.165, 1.54) is 36.5 Å². The summed E-state index contributed by atoms with van der Waals surface area (Å²) in [4.78, 5) is 31.3. The molecule has 2 aromatic heterocycles. The number of guanidine groups is 1. The van der Waals surface area contributed by atoms with Crippen molar-refractivity contribution in [3.05, 3.63) is 77.3 Å². The first kappa shape index (κ1) is 38.8. The van der Waals surface area contributed by atoms with Crippen LogP contribution in [0.5, 0.6) is 0 Å². The Morgan fingerprint density at radius 1 is 1.06 bits per heavy atom. The van der Waals surface area contributed by atoms with E-state index in [1.54, 1.807) is 26.0 Å². The van der Waals surface area contributed by atoms with Crippen molar-refractivity contribution in [2.24, 2.45) is 0 Å². The zero-order valence-electron chi connectivity index (χ0n) is 28.1. The molecule has 4 aromatic rings. The van der Waals surface area contributed by atoms with E-state index >= 15 is 0 Å². The highest BCUT2D eigenvalue weighted by Gasteiger charge is 2.64. The van der Waals surface area contributed by atoms with Gasteiger partial charge < -0.3 is 15.4 Å². The third-order valence-electron chi connectivity index (χ3n) is 9.05. The van der Waals surface area contributed by atoms with E-state index in [1.807, 2.05) is 5.32 Å². The number of nitrogens with zero attached hydrogens (tertiary/aromatic N) is 6. The molecule has 2 aromatic carbocycles. The molecule has 2 aliphatic rings. The van der Waals surface area contributed by atoms with Gasteiger partial charge in [0.2, 0.25) is 0 Å². The molecule has 12 nitrogen and oxygen atoms in total. The first-order valence-corrected chi connectivity index (χ1v) is 16.8. The van der Waals surface area contributed by atoms with Crippen molar-refractivity contribution in [3.63, 3.8) is 0 Å². The Balaban J connectivity index is 1.40. The quantitative estimate of drug-likeness (QED) is 0.0981. The summed E-state index contributed by atoms with van der Waals surface area (Å²) in [6.07, 6.45) is -3.86. The molecule has 21 heteroatoms. The smallest absolute Gasteiger partial charge is 0.411 e. The molecule has 0 radical (unpaired) electrons. The summed E-state index contributed by atoms with van der Waals surface area (Å²) in [5.74, 6) is -1.69. The van der Waals surface area contributed by atoms with E-state index in [-0.39, 0.29) is 45.9 Å². The van der Waals surface area contributed by atoms with Gasteiger partial charge in [-0.15, -0.1) is 11.6 Å². The number of amides is 2. The van der Waals surface area contributed by atoms with Crippen molar-refractivity contribution in [2.75, 3.05) is 6.61 Å². The Labute approximate surface area is 312 Å². The molecule has 0 spiro atoms. The minimum absolute atomic E-state index is 0.0646. The van der Waals surface area contributed by atoms with Gasteiger partial charge in [0.25, 0.3) is 5.91 Å². The maximum absolute atomic E-state index is 14.8. The molecular weight excluding hydrogens is 774 g/mol. The lowest BCUT2D eigenvalue weighted by atomic mass is 9.81. The predicted molar refractivity (Wildman–Crippen MR) is 180 cm³/mol. The second-order valence-electron chi connectivity index (χ2n) is 13.4. The van der Waals surface area contributed by atoms with Crippen LogP contribution in [0.4, 0.5) is 35.5 Å². The van der Waals surface area contributed by atoms with Crippen LogP contribution in [-0.4, -0.2) is 70.6 Å². The number of alkyl carbamates (subject to hydrolysis) is 1. The van der Waals surface area contributed by atoms with E-state index in [9.17, 15) is 40.3 Å². The number of ether oxygens (including phenoxy) is 1. The minimum atomic E-state index is -4.76. The Hall–Kier alpha value is -4.91. The van der Waals surface area contributed by atoms with Crippen LogP contribution < -0.4 is 10.6 Å². The zero-order valence-corrected chi connectivity index (χ0v) is 29.7. The monoisotopic (exact) mass is 803 g/mol. The summed E-state index contributed by atoms with van der Waals surface area (Å²) in [5, 5.41) is 20.8. The number of alkyl halides is 8. The first-order valence-electron chi connectivity index (χ1n) is 16.1. The first-order chi connectivity index (χ1) is 25.2. The van der Waals surface area contributed by atoms with Crippen molar-refractivity contribution >= 4 is 41.2 Å². The van der Waals surface area contributed by atoms with Gasteiger partial charge in [-0.1, -0.05) is 41.9 Å². The van der Waals surface area contributed by atoms with Crippen LogP contribution in [0.1, 0.15) is 63.4 Å². The predicted octanol–water partition coefficient (Wildman–Crippen LogP) is 7.78. The van der Waals surface area contributed by atoms with Crippen LogP contribution >= 0.6 is 23.2 Å². The molecule has 3 heterocycles. The van der Waals surface area contributed by atoms with Crippen molar-refractivity contribution in [1.82, 2.24) is 40.1 Å². The lowest BCUT2D eigenvalue weighted by Gasteiger charge is -2.34. The van der Waals surface area contributed by atoms with Gasteiger partial charge in [-0.05, 0) is 55.5 Å². The summed E-state index contributed by atoms with van der Waals surface area (Å²) in [6, 6.07) is 8.61. The largest absolute Gasteiger partial charge is 0.447 e. The van der Waals surface area contributed by atoms with Crippen LogP contribution in [-0.2, 0) is 15.1 Å². The number of carbonyl (C=O) groups excluding carboxylic acids is 2. The number of hydrogen-bond donors (Lipinski definition) is 3. The van der Waals surface area contributed by atoms with Gasteiger partial charge in [0.05, 0.1) is 17.3 Å². The van der Waals surface area contributed by atoms with Crippen molar-refractivity contribution in [2.45, 2.75) is 74.4 Å². The number of nitrogens with one attached hydrogen (secondary N) is 3. The molecule has 6 rings (SSSR count). The van der Waals surface area contributed by atoms with Gasteiger partial charge in [0, 0.05) is 28.6 Å².